The molecule has 0 radical (unpaired) electrons. The number of aliphatic hydroxyl groups excluding tert-OH is 1. The first kappa shape index (κ1) is 12.7. The Hall–Kier alpha value is -1.36. The van der Waals surface area contributed by atoms with E-state index in [1.807, 2.05) is 0 Å². The van der Waals surface area contributed by atoms with Crippen molar-refractivity contribution in [3.8, 4) is 11.5 Å². The van der Waals surface area contributed by atoms with E-state index in [0.29, 0.717) is 0 Å². The summed E-state index contributed by atoms with van der Waals surface area (Å²) in [6.07, 6.45) is 0. The van der Waals surface area contributed by atoms with E-state index >= 15 is 0 Å². The third-order valence-electron chi connectivity index (χ3n) is 2.44. The summed E-state index contributed by atoms with van der Waals surface area (Å²) in [5.74, 6) is -2.93. The molecule has 3 nitrogen and oxygen atoms in total. The Morgan fingerprint density at radius 3 is 2.31 bits per heavy atom. The SMILES string of the molecule is COc1cc(O)c(F)c(C(C)(C)CO)c1F. The minimum Gasteiger partial charge on any atom is -0.505 e. The Balaban J connectivity index is 3.54. The third-order valence-corrected chi connectivity index (χ3v) is 2.44. The molecule has 1 rings (SSSR count). The van der Waals surface area contributed by atoms with Crippen LogP contribution in [0.15, 0.2) is 6.07 Å². The van der Waals surface area contributed by atoms with Crippen LogP contribution in [-0.4, -0.2) is 23.9 Å². The predicted molar refractivity (Wildman–Crippen MR) is 54.7 cm³/mol. The van der Waals surface area contributed by atoms with Crippen LogP contribution >= 0.6 is 0 Å². The van der Waals surface area contributed by atoms with Gasteiger partial charge in [0.2, 0.25) is 0 Å². The molecule has 90 valence electrons. The molecular formula is C11H14F2O3. The van der Waals surface area contributed by atoms with Gasteiger partial charge in [0, 0.05) is 17.0 Å². The molecule has 16 heavy (non-hydrogen) atoms. The number of aromatic hydroxyl groups is 1. The molecule has 0 bridgehead atoms. The Labute approximate surface area is 92.3 Å². The van der Waals surface area contributed by atoms with Crippen LogP contribution in [0, 0.1) is 11.6 Å². The highest BCUT2D eigenvalue weighted by atomic mass is 19.1. The molecule has 0 aliphatic heterocycles. The molecule has 0 atom stereocenters. The van der Waals surface area contributed by atoms with Crippen molar-refractivity contribution in [2.75, 3.05) is 13.7 Å². The van der Waals surface area contributed by atoms with Crippen LogP contribution in [0.3, 0.4) is 0 Å². The van der Waals surface area contributed by atoms with Crippen molar-refractivity contribution in [1.29, 1.82) is 0 Å². The van der Waals surface area contributed by atoms with Crippen molar-refractivity contribution in [1.82, 2.24) is 0 Å². The molecule has 0 saturated carbocycles. The number of aliphatic hydroxyl groups is 1. The fourth-order valence-corrected chi connectivity index (χ4v) is 1.42. The number of hydrogen-bond acceptors (Lipinski definition) is 3. The molecule has 1 aromatic rings. The second-order valence-electron chi connectivity index (χ2n) is 4.14. The lowest BCUT2D eigenvalue weighted by Crippen LogP contribution is -2.25. The molecule has 1 aromatic carbocycles. The van der Waals surface area contributed by atoms with Crippen LogP contribution in [0.4, 0.5) is 8.78 Å². The first-order chi connectivity index (χ1) is 7.35. The van der Waals surface area contributed by atoms with Gasteiger partial charge in [0.25, 0.3) is 0 Å². The maximum absolute atomic E-state index is 13.8. The highest BCUT2D eigenvalue weighted by Crippen LogP contribution is 2.37. The van der Waals surface area contributed by atoms with Gasteiger partial charge in [-0.05, 0) is 0 Å². The number of methoxy groups -OCH3 is 1. The Morgan fingerprint density at radius 1 is 1.31 bits per heavy atom. The smallest absolute Gasteiger partial charge is 0.172 e. The van der Waals surface area contributed by atoms with Crippen molar-refractivity contribution >= 4 is 0 Å². The highest BCUT2D eigenvalue weighted by Gasteiger charge is 2.31. The van der Waals surface area contributed by atoms with E-state index in [4.69, 9.17) is 5.11 Å². The second kappa shape index (κ2) is 4.25. The molecule has 0 spiro atoms. The van der Waals surface area contributed by atoms with Crippen LogP contribution in [0.1, 0.15) is 19.4 Å². The fraction of sp³-hybridized carbons (Fsp3) is 0.455. The number of halogens is 2. The maximum atomic E-state index is 13.8. The number of benzene rings is 1. The van der Waals surface area contributed by atoms with E-state index in [9.17, 15) is 13.9 Å². The van der Waals surface area contributed by atoms with Gasteiger partial charge in [-0.25, -0.2) is 8.78 Å². The van der Waals surface area contributed by atoms with E-state index in [2.05, 4.69) is 4.74 Å². The lowest BCUT2D eigenvalue weighted by atomic mass is 9.84. The molecule has 0 aromatic heterocycles. The Bertz CT molecular complexity index is 403. The Kier molecular flexibility index (Phi) is 3.38. The molecule has 0 fully saturated rings. The van der Waals surface area contributed by atoms with Crippen molar-refractivity contribution in [3.05, 3.63) is 23.3 Å². The molecule has 2 N–H and O–H groups in total. The quantitative estimate of drug-likeness (QED) is 0.837. The molecule has 0 aliphatic rings. The van der Waals surface area contributed by atoms with E-state index in [1.54, 1.807) is 0 Å². The van der Waals surface area contributed by atoms with Crippen LogP contribution < -0.4 is 4.74 Å². The summed E-state index contributed by atoms with van der Waals surface area (Å²) in [6.45, 7) is 2.48. The molecular weight excluding hydrogens is 218 g/mol. The number of hydrogen-bond donors (Lipinski definition) is 2. The van der Waals surface area contributed by atoms with Gasteiger partial charge in [-0.1, -0.05) is 13.8 Å². The van der Waals surface area contributed by atoms with Crippen LogP contribution in [-0.2, 0) is 5.41 Å². The fourth-order valence-electron chi connectivity index (χ4n) is 1.42. The summed E-state index contributed by atoms with van der Waals surface area (Å²) < 4.78 is 32.1. The largest absolute Gasteiger partial charge is 0.505 e. The summed E-state index contributed by atoms with van der Waals surface area (Å²) in [5.41, 5.74) is -1.52. The van der Waals surface area contributed by atoms with E-state index in [1.165, 1.54) is 21.0 Å². The molecule has 5 heteroatoms. The first-order valence-electron chi connectivity index (χ1n) is 4.71. The number of phenols is 1. The topological polar surface area (TPSA) is 49.7 Å². The van der Waals surface area contributed by atoms with Crippen molar-refractivity contribution in [3.63, 3.8) is 0 Å². The average molecular weight is 232 g/mol. The van der Waals surface area contributed by atoms with Crippen molar-refractivity contribution in [2.45, 2.75) is 19.3 Å². The molecule has 0 saturated heterocycles. The first-order valence-corrected chi connectivity index (χ1v) is 4.71. The zero-order chi connectivity index (χ0) is 12.5. The monoisotopic (exact) mass is 232 g/mol. The minimum atomic E-state index is -1.14. The van der Waals surface area contributed by atoms with Crippen LogP contribution in [0.5, 0.6) is 11.5 Å². The van der Waals surface area contributed by atoms with Crippen molar-refractivity contribution < 1.29 is 23.7 Å². The molecule has 0 aliphatic carbocycles. The third kappa shape index (κ3) is 1.95. The summed E-state index contributed by atoms with van der Waals surface area (Å²) in [4.78, 5) is 0. The number of phenolic OH excluding ortho intramolecular Hbond substituents is 1. The van der Waals surface area contributed by atoms with E-state index in [0.717, 1.165) is 6.07 Å². The summed E-state index contributed by atoms with van der Waals surface area (Å²) in [7, 11) is 1.21. The van der Waals surface area contributed by atoms with Crippen LogP contribution in [0.25, 0.3) is 0 Å². The zero-order valence-corrected chi connectivity index (χ0v) is 9.34. The summed E-state index contributed by atoms with van der Waals surface area (Å²) in [5, 5.41) is 18.4. The van der Waals surface area contributed by atoms with Gasteiger partial charge in [0.15, 0.2) is 23.1 Å². The summed E-state index contributed by atoms with van der Waals surface area (Å²) in [6, 6.07) is 0.863. The minimum absolute atomic E-state index is 0.254. The van der Waals surface area contributed by atoms with E-state index < -0.39 is 29.4 Å². The highest BCUT2D eigenvalue weighted by molar-refractivity contribution is 5.44. The maximum Gasteiger partial charge on any atom is 0.172 e. The zero-order valence-electron chi connectivity index (χ0n) is 9.34. The predicted octanol–water partition coefficient (Wildman–Crippen LogP) is 1.95. The average Bonchev–Trinajstić information content (AvgIpc) is 2.23. The lowest BCUT2D eigenvalue weighted by Gasteiger charge is -2.24. The van der Waals surface area contributed by atoms with Gasteiger partial charge in [0.05, 0.1) is 13.7 Å². The van der Waals surface area contributed by atoms with Gasteiger partial charge >= 0.3 is 0 Å². The number of ether oxygens (including phenoxy) is 1. The van der Waals surface area contributed by atoms with Gasteiger partial charge in [-0.2, -0.15) is 0 Å². The second-order valence-corrected chi connectivity index (χ2v) is 4.14. The van der Waals surface area contributed by atoms with Gasteiger partial charge in [0.1, 0.15) is 0 Å². The van der Waals surface area contributed by atoms with Gasteiger partial charge < -0.3 is 14.9 Å². The normalized spacial score (nSPS) is 11.6. The summed E-state index contributed by atoms with van der Waals surface area (Å²) >= 11 is 0. The van der Waals surface area contributed by atoms with E-state index in [-0.39, 0.29) is 11.3 Å². The van der Waals surface area contributed by atoms with Gasteiger partial charge in [-0.15, -0.1) is 0 Å². The molecule has 0 heterocycles. The standard InChI is InChI=1S/C11H14F2O3/c1-11(2,5-14)8-9(12)6(15)4-7(16-3)10(8)13/h4,14-15H,5H2,1-3H3. The molecule has 0 amide bonds. The number of rotatable bonds is 3. The van der Waals surface area contributed by atoms with Gasteiger partial charge in [-0.3, -0.25) is 0 Å². The lowest BCUT2D eigenvalue weighted by molar-refractivity contribution is 0.208. The molecule has 0 unspecified atom stereocenters. The van der Waals surface area contributed by atoms with Crippen molar-refractivity contribution in [2.24, 2.45) is 0 Å². The van der Waals surface area contributed by atoms with Crippen LogP contribution in [0.2, 0.25) is 0 Å². The Morgan fingerprint density at radius 2 is 1.88 bits per heavy atom.